The van der Waals surface area contributed by atoms with Crippen LogP contribution in [0.2, 0.25) is 0 Å². The quantitative estimate of drug-likeness (QED) is 0.338. The summed E-state index contributed by atoms with van der Waals surface area (Å²) >= 11 is 0. The van der Waals surface area contributed by atoms with E-state index >= 15 is 0 Å². The second-order valence-electron chi connectivity index (χ2n) is 12.1. The van der Waals surface area contributed by atoms with Crippen molar-refractivity contribution in [3.63, 3.8) is 0 Å². The number of fused-ring (bicyclic) bond motifs is 1. The van der Waals surface area contributed by atoms with Crippen molar-refractivity contribution in [3.8, 4) is 5.75 Å². The molecule has 3 fully saturated rings. The lowest BCUT2D eigenvalue weighted by molar-refractivity contribution is -0.131. The van der Waals surface area contributed by atoms with E-state index in [1.165, 1.54) is 29.2 Å². The molecule has 2 unspecified atom stereocenters. The van der Waals surface area contributed by atoms with Crippen molar-refractivity contribution in [1.29, 1.82) is 0 Å². The van der Waals surface area contributed by atoms with Crippen LogP contribution in [0.5, 0.6) is 5.75 Å². The second kappa shape index (κ2) is 10.9. The number of rotatable bonds is 8. The number of nitrogens with one attached hydrogen (secondary N) is 2. The maximum Gasteiger partial charge on any atom is 0.411 e. The molecule has 2 aliphatic heterocycles. The van der Waals surface area contributed by atoms with Gasteiger partial charge in [-0.1, -0.05) is 11.2 Å². The van der Waals surface area contributed by atoms with E-state index < -0.39 is 68.2 Å². The van der Waals surface area contributed by atoms with Crippen LogP contribution in [0.4, 0.5) is 9.18 Å². The number of carbonyl (C=O) groups is 3. The molecule has 228 valence electrons. The van der Waals surface area contributed by atoms with Crippen molar-refractivity contribution in [2.24, 2.45) is 11.1 Å². The number of sulfonamides is 1. The monoisotopic (exact) mass is 606 g/mol. The minimum absolute atomic E-state index is 0.0190. The third-order valence-electron chi connectivity index (χ3n) is 7.60. The molecule has 3 amide bonds. The first-order valence-corrected chi connectivity index (χ1v) is 15.4. The van der Waals surface area contributed by atoms with Gasteiger partial charge in [0.2, 0.25) is 15.9 Å². The Labute approximate surface area is 243 Å². The molecule has 0 aromatic heterocycles. The Hall–Kier alpha value is -3.68. The third-order valence-corrected chi connectivity index (χ3v) is 9.42. The van der Waals surface area contributed by atoms with Crippen molar-refractivity contribution in [3.05, 3.63) is 42.2 Å². The molecule has 5 rings (SSSR count). The third kappa shape index (κ3) is 6.22. The summed E-state index contributed by atoms with van der Waals surface area (Å²) in [5.74, 6) is -1.97. The number of amides is 3. The van der Waals surface area contributed by atoms with E-state index in [-0.39, 0.29) is 19.4 Å². The van der Waals surface area contributed by atoms with E-state index in [1.807, 2.05) is 0 Å². The Morgan fingerprint density at radius 2 is 2.00 bits per heavy atom. The molecule has 0 radical (unpaired) electrons. The van der Waals surface area contributed by atoms with Crippen LogP contribution in [0.1, 0.15) is 58.4 Å². The van der Waals surface area contributed by atoms with Crippen molar-refractivity contribution in [2.45, 2.75) is 81.4 Å². The fraction of sp³-hybridized carbons (Fsp3) is 0.571. The molecular weight excluding hydrogens is 571 g/mol. The van der Waals surface area contributed by atoms with Crippen LogP contribution in [-0.2, 0) is 29.2 Å². The zero-order valence-electron chi connectivity index (χ0n) is 23.7. The SMILES string of the molecule is C=C[C@@H]1C[C@@]1(NC(=O)C1CC(O/N=C2\CCOc3ccc(F)cc32)CN1C(=O)OC(C)(C)C)C(=O)NS(=O)(=O)C1CC1. The number of nitrogens with zero attached hydrogens (tertiary/aromatic N) is 2. The normalized spacial score (nSPS) is 27.9. The number of oxime groups is 1. The number of likely N-dealkylation sites (tertiary alicyclic amines) is 1. The number of hydrogen-bond donors (Lipinski definition) is 2. The molecular formula is C28H35FN4O8S. The van der Waals surface area contributed by atoms with Crippen LogP contribution < -0.4 is 14.8 Å². The molecule has 14 heteroatoms. The predicted octanol–water partition coefficient (Wildman–Crippen LogP) is 2.38. The number of halogens is 1. The summed E-state index contributed by atoms with van der Waals surface area (Å²) in [6, 6.07) is 3.00. The summed E-state index contributed by atoms with van der Waals surface area (Å²) in [5, 5.41) is 6.31. The largest absolute Gasteiger partial charge is 0.492 e. The molecule has 4 aliphatic rings. The van der Waals surface area contributed by atoms with E-state index in [0.717, 1.165) is 0 Å². The highest BCUT2D eigenvalue weighted by molar-refractivity contribution is 7.91. The fourth-order valence-electron chi connectivity index (χ4n) is 5.14. The number of carbonyl (C=O) groups excluding carboxylic acids is 3. The van der Waals surface area contributed by atoms with Crippen LogP contribution in [0.3, 0.4) is 0 Å². The molecule has 4 atom stereocenters. The van der Waals surface area contributed by atoms with Gasteiger partial charge in [0.25, 0.3) is 5.91 Å². The minimum atomic E-state index is -3.85. The van der Waals surface area contributed by atoms with Gasteiger partial charge in [-0.25, -0.2) is 17.6 Å². The van der Waals surface area contributed by atoms with E-state index in [2.05, 4.69) is 21.8 Å². The predicted molar refractivity (Wildman–Crippen MR) is 149 cm³/mol. The molecule has 2 heterocycles. The van der Waals surface area contributed by atoms with E-state index in [0.29, 0.717) is 42.9 Å². The molecule has 1 aromatic carbocycles. The number of hydrogen-bond acceptors (Lipinski definition) is 9. The Bertz CT molecular complexity index is 1440. The summed E-state index contributed by atoms with van der Waals surface area (Å²) in [5.41, 5.74) is -1.44. The summed E-state index contributed by atoms with van der Waals surface area (Å²) in [7, 11) is -3.85. The average Bonchev–Trinajstić information content (AvgIpc) is 3.83. The van der Waals surface area contributed by atoms with Crippen molar-refractivity contribution in [2.75, 3.05) is 13.2 Å². The zero-order chi connectivity index (χ0) is 30.4. The van der Waals surface area contributed by atoms with Gasteiger partial charge in [0.15, 0.2) is 0 Å². The number of benzene rings is 1. The maximum absolute atomic E-state index is 13.9. The van der Waals surface area contributed by atoms with Gasteiger partial charge >= 0.3 is 6.09 Å². The smallest absolute Gasteiger partial charge is 0.411 e. The summed E-state index contributed by atoms with van der Waals surface area (Å²) in [6.45, 7) is 9.05. The van der Waals surface area contributed by atoms with Crippen LogP contribution >= 0.6 is 0 Å². The Morgan fingerprint density at radius 3 is 2.64 bits per heavy atom. The van der Waals surface area contributed by atoms with Gasteiger partial charge in [0, 0.05) is 24.3 Å². The standard InChI is InChI=1S/C28H35FN4O8S/c1-5-16-14-28(16,25(35)32-42(37,38)19-7-8-19)30-24(34)22-13-18(15-33(22)26(36)40-27(2,3)4)41-31-21-10-11-39-23-9-6-17(29)12-20(21)23/h5-6,9,12,16,18-19,22H,1,7-8,10-11,13-15H2,2-4H3,(H,30,34)(H,32,35)/b31-21+/t16-,18?,22?,28+/m1/s1. The lowest BCUT2D eigenvalue weighted by Gasteiger charge is -2.29. The highest BCUT2D eigenvalue weighted by atomic mass is 32.2. The highest BCUT2D eigenvalue weighted by Crippen LogP contribution is 2.45. The first kappa shape index (κ1) is 29.8. The van der Waals surface area contributed by atoms with Gasteiger partial charge in [-0.15, -0.1) is 6.58 Å². The lowest BCUT2D eigenvalue weighted by Crippen LogP contribution is -2.56. The summed E-state index contributed by atoms with van der Waals surface area (Å²) in [4.78, 5) is 46.9. The minimum Gasteiger partial charge on any atom is -0.492 e. The first-order chi connectivity index (χ1) is 19.7. The second-order valence-corrected chi connectivity index (χ2v) is 14.0. The summed E-state index contributed by atoms with van der Waals surface area (Å²) in [6.07, 6.45) is 1.50. The van der Waals surface area contributed by atoms with Crippen LogP contribution in [0.25, 0.3) is 0 Å². The maximum atomic E-state index is 13.9. The number of ether oxygens (including phenoxy) is 2. The van der Waals surface area contributed by atoms with Crippen LogP contribution in [0.15, 0.2) is 36.0 Å². The fourth-order valence-corrected chi connectivity index (χ4v) is 6.51. The van der Waals surface area contributed by atoms with Gasteiger partial charge in [-0.2, -0.15) is 0 Å². The molecule has 42 heavy (non-hydrogen) atoms. The van der Waals surface area contributed by atoms with E-state index in [4.69, 9.17) is 14.3 Å². The van der Waals surface area contributed by atoms with Gasteiger partial charge in [0.05, 0.1) is 24.1 Å². The van der Waals surface area contributed by atoms with Gasteiger partial charge < -0.3 is 19.6 Å². The Kier molecular flexibility index (Phi) is 7.71. The molecule has 1 aromatic rings. The van der Waals surface area contributed by atoms with Gasteiger partial charge in [0.1, 0.15) is 34.9 Å². The first-order valence-electron chi connectivity index (χ1n) is 13.9. The van der Waals surface area contributed by atoms with E-state index in [9.17, 15) is 27.2 Å². The summed E-state index contributed by atoms with van der Waals surface area (Å²) < 4.78 is 51.9. The Balaban J connectivity index is 1.34. The molecule has 2 aliphatic carbocycles. The Morgan fingerprint density at radius 1 is 1.26 bits per heavy atom. The highest BCUT2D eigenvalue weighted by Gasteiger charge is 2.62. The van der Waals surface area contributed by atoms with Gasteiger partial charge in [-0.3, -0.25) is 19.2 Å². The molecule has 2 N–H and O–H groups in total. The van der Waals surface area contributed by atoms with Crippen LogP contribution in [0, 0.1) is 11.7 Å². The van der Waals surface area contributed by atoms with Gasteiger partial charge in [-0.05, 0) is 58.2 Å². The average molecular weight is 607 g/mol. The molecule has 1 saturated heterocycles. The molecule has 0 spiro atoms. The molecule has 12 nitrogen and oxygen atoms in total. The zero-order valence-corrected chi connectivity index (χ0v) is 24.5. The van der Waals surface area contributed by atoms with Crippen molar-refractivity contribution < 1.29 is 41.5 Å². The lowest BCUT2D eigenvalue weighted by atomic mass is 10.0. The van der Waals surface area contributed by atoms with E-state index in [1.54, 1.807) is 20.8 Å². The van der Waals surface area contributed by atoms with Crippen molar-refractivity contribution in [1.82, 2.24) is 14.9 Å². The topological polar surface area (TPSA) is 153 Å². The molecule has 2 saturated carbocycles. The molecule has 0 bridgehead atoms. The van der Waals surface area contributed by atoms with Crippen molar-refractivity contribution >= 4 is 33.6 Å². The van der Waals surface area contributed by atoms with Crippen LogP contribution in [-0.4, -0.2) is 78.6 Å².